The average Bonchev–Trinajstić information content (AvgIpc) is 3.35. The minimum atomic E-state index is -0.858. The maximum atomic E-state index is 12.4. The Morgan fingerprint density at radius 1 is 1.33 bits per heavy atom. The van der Waals surface area contributed by atoms with E-state index in [1.807, 2.05) is 11.8 Å². The molecule has 1 atom stereocenters. The molecule has 0 saturated heterocycles. The van der Waals surface area contributed by atoms with Crippen molar-refractivity contribution < 1.29 is 9.00 Å². The van der Waals surface area contributed by atoms with E-state index >= 15 is 0 Å². The Kier molecular flexibility index (Phi) is 6.30. The lowest BCUT2D eigenvalue weighted by Gasteiger charge is -2.22. The zero-order valence-electron chi connectivity index (χ0n) is 12.7. The maximum Gasteiger partial charge on any atom is 0.224 e. The standard InChI is InChI=1S/C16H23NO2S2/c1-3-21(19)11-10-16(18)17(14-6-7-14)12-13-4-8-15(20-2)9-5-13/h4-5,8-9,14H,3,6-7,10-12H2,1-2H3/t21-/m1/s1. The monoisotopic (exact) mass is 325 g/mol. The van der Waals surface area contributed by atoms with Crippen molar-refractivity contribution in [2.24, 2.45) is 0 Å². The fourth-order valence-corrected chi connectivity index (χ4v) is 3.32. The first-order valence-electron chi connectivity index (χ1n) is 7.41. The Hall–Kier alpha value is -0.810. The number of carbonyl (C=O) groups excluding carboxylic acids is 1. The number of hydrogen-bond donors (Lipinski definition) is 0. The van der Waals surface area contributed by atoms with Gasteiger partial charge in [0.05, 0.1) is 0 Å². The highest BCUT2D eigenvalue weighted by Crippen LogP contribution is 2.29. The van der Waals surface area contributed by atoms with E-state index in [4.69, 9.17) is 0 Å². The first kappa shape index (κ1) is 16.6. The van der Waals surface area contributed by atoms with Crippen LogP contribution in [0.4, 0.5) is 0 Å². The minimum absolute atomic E-state index is 0.147. The second-order valence-corrected chi connectivity index (χ2v) is 8.03. The van der Waals surface area contributed by atoms with Crippen LogP contribution in [0.2, 0.25) is 0 Å². The molecular weight excluding hydrogens is 302 g/mol. The van der Waals surface area contributed by atoms with Gasteiger partial charge in [-0.2, -0.15) is 0 Å². The molecular formula is C16H23NO2S2. The zero-order valence-corrected chi connectivity index (χ0v) is 14.3. The summed E-state index contributed by atoms with van der Waals surface area (Å²) >= 11 is 1.72. The van der Waals surface area contributed by atoms with Crippen LogP contribution >= 0.6 is 11.8 Å². The van der Waals surface area contributed by atoms with Gasteiger partial charge in [-0.05, 0) is 36.8 Å². The Labute approximate surface area is 133 Å². The van der Waals surface area contributed by atoms with Gasteiger partial charge in [0.2, 0.25) is 5.91 Å². The van der Waals surface area contributed by atoms with E-state index in [1.54, 1.807) is 11.8 Å². The second-order valence-electron chi connectivity index (χ2n) is 5.28. The Morgan fingerprint density at radius 2 is 2.00 bits per heavy atom. The van der Waals surface area contributed by atoms with Gasteiger partial charge >= 0.3 is 0 Å². The summed E-state index contributed by atoms with van der Waals surface area (Å²) in [5, 5.41) is 0. The van der Waals surface area contributed by atoms with E-state index in [9.17, 15) is 9.00 Å². The molecule has 2 rings (SSSR count). The quantitative estimate of drug-likeness (QED) is 0.689. The van der Waals surface area contributed by atoms with Crippen LogP contribution < -0.4 is 0 Å². The predicted molar refractivity (Wildman–Crippen MR) is 90.0 cm³/mol. The molecule has 0 aromatic heterocycles. The SMILES string of the molecule is CC[S@@](=O)CCC(=O)N(Cc1ccc(SC)cc1)C1CC1. The smallest absolute Gasteiger partial charge is 0.224 e. The van der Waals surface area contributed by atoms with Crippen LogP contribution in [-0.2, 0) is 22.1 Å². The van der Waals surface area contributed by atoms with E-state index < -0.39 is 10.8 Å². The lowest BCUT2D eigenvalue weighted by Crippen LogP contribution is -2.33. The topological polar surface area (TPSA) is 37.4 Å². The third-order valence-corrected chi connectivity index (χ3v) is 5.73. The summed E-state index contributed by atoms with van der Waals surface area (Å²) in [5.41, 5.74) is 1.17. The Bertz CT molecular complexity index is 498. The van der Waals surface area contributed by atoms with Crippen molar-refractivity contribution in [2.75, 3.05) is 17.8 Å². The summed E-state index contributed by atoms with van der Waals surface area (Å²) in [4.78, 5) is 15.6. The van der Waals surface area contributed by atoms with E-state index in [0.29, 0.717) is 30.5 Å². The normalized spacial score (nSPS) is 15.7. The third kappa shape index (κ3) is 5.15. The summed E-state index contributed by atoms with van der Waals surface area (Å²) in [6.07, 6.45) is 4.67. The van der Waals surface area contributed by atoms with Gasteiger partial charge < -0.3 is 4.90 Å². The van der Waals surface area contributed by atoms with Crippen molar-refractivity contribution in [1.29, 1.82) is 0 Å². The highest BCUT2D eigenvalue weighted by Gasteiger charge is 2.32. The molecule has 5 heteroatoms. The first-order chi connectivity index (χ1) is 10.1. The van der Waals surface area contributed by atoms with Crippen molar-refractivity contribution in [2.45, 2.75) is 43.7 Å². The molecule has 1 aromatic rings. The van der Waals surface area contributed by atoms with Gasteiger partial charge in [0, 0.05) is 46.2 Å². The molecule has 0 aliphatic heterocycles. The van der Waals surface area contributed by atoms with Gasteiger partial charge in [0.15, 0.2) is 0 Å². The maximum absolute atomic E-state index is 12.4. The van der Waals surface area contributed by atoms with Crippen LogP contribution in [0.3, 0.4) is 0 Å². The fraction of sp³-hybridized carbons (Fsp3) is 0.562. The van der Waals surface area contributed by atoms with Crippen LogP contribution in [-0.4, -0.2) is 38.8 Å². The molecule has 21 heavy (non-hydrogen) atoms. The van der Waals surface area contributed by atoms with Gasteiger partial charge in [-0.3, -0.25) is 9.00 Å². The van der Waals surface area contributed by atoms with Crippen molar-refractivity contribution in [3.8, 4) is 0 Å². The fourth-order valence-electron chi connectivity index (χ4n) is 2.22. The minimum Gasteiger partial charge on any atom is -0.335 e. The first-order valence-corrected chi connectivity index (χ1v) is 10.1. The van der Waals surface area contributed by atoms with Crippen molar-refractivity contribution in [1.82, 2.24) is 4.90 Å². The van der Waals surface area contributed by atoms with Crippen LogP contribution in [0.15, 0.2) is 29.2 Å². The lowest BCUT2D eigenvalue weighted by molar-refractivity contribution is -0.131. The van der Waals surface area contributed by atoms with Crippen LogP contribution in [0.5, 0.6) is 0 Å². The van der Waals surface area contributed by atoms with Crippen molar-refractivity contribution in [3.05, 3.63) is 29.8 Å². The summed E-state index contributed by atoms with van der Waals surface area (Å²) in [6, 6.07) is 8.79. The van der Waals surface area contributed by atoms with Crippen LogP contribution in [0.1, 0.15) is 31.7 Å². The highest BCUT2D eigenvalue weighted by molar-refractivity contribution is 7.98. The van der Waals surface area contributed by atoms with E-state index in [2.05, 4.69) is 30.5 Å². The molecule has 0 N–H and O–H groups in total. The summed E-state index contributed by atoms with van der Waals surface area (Å²) in [6.45, 7) is 2.57. The molecule has 116 valence electrons. The van der Waals surface area contributed by atoms with Crippen molar-refractivity contribution >= 4 is 28.5 Å². The van der Waals surface area contributed by atoms with Crippen LogP contribution in [0, 0.1) is 0 Å². The Morgan fingerprint density at radius 3 is 2.52 bits per heavy atom. The number of hydrogen-bond acceptors (Lipinski definition) is 3. The largest absolute Gasteiger partial charge is 0.335 e. The zero-order chi connectivity index (χ0) is 15.2. The second kappa shape index (κ2) is 7.99. The third-order valence-electron chi connectivity index (χ3n) is 3.69. The molecule has 1 aromatic carbocycles. The van der Waals surface area contributed by atoms with E-state index in [1.165, 1.54) is 10.5 Å². The molecule has 0 bridgehead atoms. The highest BCUT2D eigenvalue weighted by atomic mass is 32.2. The van der Waals surface area contributed by atoms with Crippen molar-refractivity contribution in [3.63, 3.8) is 0 Å². The average molecular weight is 325 g/mol. The van der Waals surface area contributed by atoms with E-state index in [-0.39, 0.29) is 5.91 Å². The molecule has 1 aliphatic rings. The van der Waals surface area contributed by atoms with E-state index in [0.717, 1.165) is 12.8 Å². The molecule has 0 heterocycles. The summed E-state index contributed by atoms with van der Waals surface area (Å²) in [7, 11) is -0.858. The van der Waals surface area contributed by atoms with Gasteiger partial charge in [-0.1, -0.05) is 19.1 Å². The molecule has 0 unspecified atom stereocenters. The number of carbonyl (C=O) groups is 1. The molecule has 0 spiro atoms. The number of nitrogens with zero attached hydrogens (tertiary/aromatic N) is 1. The number of benzene rings is 1. The summed E-state index contributed by atoms with van der Waals surface area (Å²) in [5.74, 6) is 1.27. The molecule has 0 radical (unpaired) electrons. The van der Waals surface area contributed by atoms with Gasteiger partial charge in [-0.25, -0.2) is 0 Å². The molecule has 1 aliphatic carbocycles. The molecule has 3 nitrogen and oxygen atoms in total. The molecule has 1 fully saturated rings. The predicted octanol–water partition coefficient (Wildman–Crippen LogP) is 3.06. The number of rotatable bonds is 8. The summed E-state index contributed by atoms with van der Waals surface area (Å²) < 4.78 is 11.5. The van der Waals surface area contributed by atoms with Gasteiger partial charge in [-0.15, -0.1) is 11.8 Å². The number of thioether (sulfide) groups is 1. The number of amides is 1. The van der Waals surface area contributed by atoms with Crippen LogP contribution in [0.25, 0.3) is 0 Å². The molecule has 1 amide bonds. The Balaban J connectivity index is 1.94. The molecule has 1 saturated carbocycles. The van der Waals surface area contributed by atoms with Gasteiger partial charge in [0.25, 0.3) is 0 Å². The van der Waals surface area contributed by atoms with Gasteiger partial charge in [0.1, 0.15) is 0 Å². The lowest BCUT2D eigenvalue weighted by atomic mass is 10.2.